The molecule has 16 heavy (non-hydrogen) atoms. The predicted octanol–water partition coefficient (Wildman–Crippen LogP) is 0.0831. The van der Waals surface area contributed by atoms with E-state index in [0.29, 0.717) is 12.8 Å². The van der Waals surface area contributed by atoms with Crippen molar-refractivity contribution in [2.45, 2.75) is 25.7 Å². The predicted molar refractivity (Wildman–Crippen MR) is 66.4 cm³/mol. The fourth-order valence-electron chi connectivity index (χ4n) is 0.836. The molecule has 1 unspecified atom stereocenters. The van der Waals surface area contributed by atoms with Crippen LogP contribution in [0.15, 0.2) is 4.67 Å². The molecule has 0 aromatic heterocycles. The van der Waals surface area contributed by atoms with E-state index in [9.17, 15) is 9.59 Å². The molecule has 0 saturated carbocycles. The van der Waals surface area contributed by atoms with Gasteiger partial charge < -0.3 is 5.41 Å². The first kappa shape index (κ1) is 17.5. The van der Waals surface area contributed by atoms with E-state index in [1.807, 2.05) is 0 Å². The molecule has 0 saturated heterocycles. The molecule has 0 aromatic carbocycles. The molecule has 90 valence electrons. The Labute approximate surface area is 97.9 Å². The fraction of sp³-hybridized carbons (Fsp3) is 0.625. The van der Waals surface area contributed by atoms with Gasteiger partial charge in [-0.3, -0.25) is 0 Å². The van der Waals surface area contributed by atoms with Crippen molar-refractivity contribution in [3.63, 3.8) is 0 Å². The summed E-state index contributed by atoms with van der Waals surface area (Å²) in [6.07, 6.45) is 1.19. The molecule has 0 spiro atoms. The second-order valence-electron chi connectivity index (χ2n) is 2.71. The summed E-state index contributed by atoms with van der Waals surface area (Å²) in [5.41, 5.74) is 0. The Morgan fingerprint density at radius 1 is 1.38 bits per heavy atom. The number of Topliss-reactive ketones (excluding diaryl/α,β-unsaturated/α-hetero) is 1. The van der Waals surface area contributed by atoms with Gasteiger partial charge in [0, 0.05) is 0 Å². The van der Waals surface area contributed by atoms with Crippen molar-refractivity contribution in [3.05, 3.63) is 0 Å². The van der Waals surface area contributed by atoms with Crippen molar-refractivity contribution >= 4 is 35.0 Å². The number of carbonyl (C=O) groups is 2. The summed E-state index contributed by atoms with van der Waals surface area (Å²) < 4.78 is 3.49. The summed E-state index contributed by atoms with van der Waals surface area (Å²) in [7, 11) is 3.34. The van der Waals surface area contributed by atoms with E-state index in [0.717, 1.165) is 0 Å². The summed E-state index contributed by atoms with van der Waals surface area (Å²) in [5.74, 6) is -0.231. The maximum atomic E-state index is 11.1. The molecular weight excluding hydrogens is 228 g/mol. The Kier molecular flexibility index (Phi) is 15.3. The van der Waals surface area contributed by atoms with E-state index in [1.165, 1.54) is 7.21 Å². The van der Waals surface area contributed by atoms with Gasteiger partial charge in [0.15, 0.2) is 0 Å². The molecule has 6 nitrogen and oxygen atoms in total. The first-order valence-electron chi connectivity index (χ1n) is 4.69. The van der Waals surface area contributed by atoms with E-state index in [-0.39, 0.29) is 31.1 Å². The van der Waals surface area contributed by atoms with Gasteiger partial charge in [0.1, 0.15) is 0 Å². The first-order chi connectivity index (χ1) is 7.70. The standard InChI is InChI=1S/C7H14BN2O3P.CH3N/c11-5-1-2-6(12)3-4-7(13)9-8-10-14;1-2/h11H,1-5,14H2,(H,9,13);2H,1H2. The zero-order valence-electron chi connectivity index (χ0n) is 9.11. The molecule has 3 N–H and O–H groups in total. The van der Waals surface area contributed by atoms with Crippen LogP contribution in [-0.2, 0) is 9.59 Å². The molecule has 1 atom stereocenters. The third kappa shape index (κ3) is 13.1. The van der Waals surface area contributed by atoms with E-state index >= 15 is 0 Å². The van der Waals surface area contributed by atoms with E-state index in [1.54, 1.807) is 0 Å². The minimum absolute atomic E-state index is 0.00277. The maximum absolute atomic E-state index is 11.1. The zero-order chi connectivity index (χ0) is 12.8. The van der Waals surface area contributed by atoms with Gasteiger partial charge in [0.25, 0.3) is 0 Å². The molecule has 0 aliphatic rings. The van der Waals surface area contributed by atoms with E-state index in [4.69, 9.17) is 10.5 Å². The molecule has 0 aliphatic carbocycles. The Morgan fingerprint density at radius 2 is 2.00 bits per heavy atom. The molecule has 0 radical (unpaired) electrons. The Bertz CT molecular complexity index is 239. The number of ketones is 1. The molecule has 0 fully saturated rings. The number of aliphatic hydroxyl groups excluding tert-OH is 1. The number of nitrogens with zero attached hydrogens (tertiary/aromatic N) is 1. The summed E-state index contributed by atoms with van der Waals surface area (Å²) in [4.78, 5) is 22.0. The normalized spacial score (nSPS) is 8.88. The van der Waals surface area contributed by atoms with Crippen LogP contribution in [0.25, 0.3) is 0 Å². The van der Waals surface area contributed by atoms with Crippen LogP contribution in [0.4, 0.5) is 0 Å². The van der Waals surface area contributed by atoms with Gasteiger partial charge in [-0.2, -0.15) is 0 Å². The number of carbonyl (C=O) groups excluding carboxylic acids is 2. The van der Waals surface area contributed by atoms with Gasteiger partial charge in [-0.05, 0) is 6.72 Å². The van der Waals surface area contributed by atoms with Gasteiger partial charge >= 0.3 is 85.2 Å². The number of hydrogen-bond donors (Lipinski definition) is 3. The van der Waals surface area contributed by atoms with Crippen LogP contribution < -0.4 is 5.23 Å². The van der Waals surface area contributed by atoms with Crippen molar-refractivity contribution in [2.24, 2.45) is 4.67 Å². The van der Waals surface area contributed by atoms with Crippen LogP contribution in [-0.4, -0.2) is 37.3 Å². The van der Waals surface area contributed by atoms with Gasteiger partial charge in [-0.15, -0.1) is 0 Å². The molecule has 0 heterocycles. The second-order valence-corrected chi connectivity index (χ2v) is 3.01. The average molecular weight is 245 g/mol. The number of hydrogen-bond acceptors (Lipinski definition) is 5. The molecule has 0 aliphatic heterocycles. The van der Waals surface area contributed by atoms with Crippen LogP contribution in [0.3, 0.4) is 0 Å². The van der Waals surface area contributed by atoms with Crippen molar-refractivity contribution in [1.82, 2.24) is 5.23 Å². The minimum atomic E-state index is -0.228. The molecule has 0 aromatic rings. The monoisotopic (exact) mass is 245 g/mol. The van der Waals surface area contributed by atoms with Crippen molar-refractivity contribution < 1.29 is 14.7 Å². The van der Waals surface area contributed by atoms with Crippen LogP contribution in [0, 0.1) is 5.41 Å². The molecule has 0 bridgehead atoms. The zero-order valence-corrected chi connectivity index (χ0v) is 10.3. The van der Waals surface area contributed by atoms with Gasteiger partial charge in [-0.1, -0.05) is 0 Å². The Balaban J connectivity index is 0. The number of aliphatic hydroxyl groups is 1. The van der Waals surface area contributed by atoms with E-state index < -0.39 is 0 Å². The number of nitrogens with one attached hydrogen (secondary N) is 2. The van der Waals surface area contributed by atoms with Crippen molar-refractivity contribution in [1.29, 1.82) is 5.41 Å². The fourth-order valence-corrected chi connectivity index (χ4v) is 0.910. The average Bonchev–Trinajstić information content (AvgIpc) is 2.33. The second kappa shape index (κ2) is 14.1. The molecular formula is C8H17BN3O3P. The molecule has 1 amide bonds. The van der Waals surface area contributed by atoms with Gasteiger partial charge in [0.05, 0.1) is 0 Å². The Hall–Kier alpha value is -0.935. The third-order valence-electron chi connectivity index (χ3n) is 1.54. The number of rotatable bonds is 7. The van der Waals surface area contributed by atoms with Gasteiger partial charge in [0.2, 0.25) is 0 Å². The van der Waals surface area contributed by atoms with Crippen molar-refractivity contribution in [2.75, 3.05) is 6.61 Å². The van der Waals surface area contributed by atoms with Crippen LogP contribution in [0.2, 0.25) is 0 Å². The van der Waals surface area contributed by atoms with E-state index in [2.05, 4.69) is 26.0 Å². The quantitative estimate of drug-likeness (QED) is 0.336. The van der Waals surface area contributed by atoms with Gasteiger partial charge in [-0.25, -0.2) is 0 Å². The molecule has 0 rings (SSSR count). The number of amides is 1. The Morgan fingerprint density at radius 3 is 2.50 bits per heavy atom. The summed E-state index contributed by atoms with van der Waals surface area (Å²) in [6.45, 7) is 2.51. The SMILES string of the molecule is C=N.O=C(CCCO)CCC(=O)NB=NP. The summed E-state index contributed by atoms with van der Waals surface area (Å²) >= 11 is 0. The first-order valence-corrected chi connectivity index (χ1v) is 5.21. The summed E-state index contributed by atoms with van der Waals surface area (Å²) in [6, 6.07) is 0. The van der Waals surface area contributed by atoms with Crippen LogP contribution in [0.5, 0.6) is 0 Å². The summed E-state index contributed by atoms with van der Waals surface area (Å²) in [5, 5.41) is 16.3. The van der Waals surface area contributed by atoms with Crippen LogP contribution >= 0.6 is 9.39 Å². The van der Waals surface area contributed by atoms with Crippen LogP contribution in [0.1, 0.15) is 25.7 Å². The van der Waals surface area contributed by atoms with Crippen molar-refractivity contribution in [3.8, 4) is 0 Å². The topological polar surface area (TPSA) is 103 Å². The molecule has 8 heteroatoms. The third-order valence-corrected chi connectivity index (χ3v) is 1.69.